The number of halogens is 1. The van der Waals surface area contributed by atoms with Crippen molar-refractivity contribution in [2.45, 2.75) is 11.8 Å². The molecule has 0 aromatic heterocycles. The number of benzene rings is 1. The summed E-state index contributed by atoms with van der Waals surface area (Å²) in [5, 5.41) is 0. The van der Waals surface area contributed by atoms with Gasteiger partial charge in [0.05, 0.1) is 11.4 Å². The van der Waals surface area contributed by atoms with E-state index in [1.165, 1.54) is 0 Å². The maximum atomic E-state index is 13.5. The van der Waals surface area contributed by atoms with Crippen molar-refractivity contribution < 1.29 is 17.6 Å². The molecule has 0 saturated carbocycles. The Bertz CT molecular complexity index is 646. The molecular formula is C11H14FN3O3S2. The third-order valence-electron chi connectivity index (χ3n) is 2.53. The second kappa shape index (κ2) is 6.25. The number of sulfonamides is 1. The Labute approximate surface area is 121 Å². The third-order valence-corrected chi connectivity index (χ3v) is 4.66. The molecular weight excluding hydrogens is 305 g/mol. The molecule has 0 radical (unpaired) electrons. The molecule has 0 atom stereocenters. The molecule has 0 aliphatic heterocycles. The molecule has 9 heteroatoms. The van der Waals surface area contributed by atoms with E-state index in [9.17, 15) is 17.6 Å². The van der Waals surface area contributed by atoms with Crippen LogP contribution in [0.5, 0.6) is 0 Å². The molecule has 110 valence electrons. The van der Waals surface area contributed by atoms with Crippen molar-refractivity contribution in [3.63, 3.8) is 0 Å². The summed E-state index contributed by atoms with van der Waals surface area (Å²) in [6, 6.07) is 3.08. The van der Waals surface area contributed by atoms with E-state index in [1.807, 2.05) is 0 Å². The predicted molar refractivity (Wildman–Crippen MR) is 75.9 cm³/mol. The summed E-state index contributed by atoms with van der Waals surface area (Å²) < 4.78 is 38.9. The third kappa shape index (κ3) is 3.50. The fourth-order valence-corrected chi connectivity index (χ4v) is 3.14. The van der Waals surface area contributed by atoms with Gasteiger partial charge in [0.2, 0.25) is 15.9 Å². The Morgan fingerprint density at radius 1 is 1.40 bits per heavy atom. The number of likely N-dealkylation sites (N-methyl/N-ethyl adjacent to an activating group) is 1. The summed E-state index contributed by atoms with van der Waals surface area (Å²) in [6.45, 7) is 1.14. The molecule has 0 bridgehead atoms. The number of primary amides is 1. The van der Waals surface area contributed by atoms with Crippen LogP contribution in [0.2, 0.25) is 0 Å². The SMILES string of the molecule is CCN(CC(N)=O)S(=O)(=O)c1ccc(F)c(C(N)=S)c1. The zero-order valence-electron chi connectivity index (χ0n) is 10.7. The lowest BCUT2D eigenvalue weighted by Crippen LogP contribution is -2.38. The van der Waals surface area contributed by atoms with E-state index in [0.717, 1.165) is 22.5 Å². The van der Waals surface area contributed by atoms with Gasteiger partial charge in [-0.25, -0.2) is 12.8 Å². The van der Waals surface area contributed by atoms with Crippen LogP contribution in [-0.2, 0) is 14.8 Å². The molecule has 20 heavy (non-hydrogen) atoms. The number of rotatable bonds is 6. The lowest BCUT2D eigenvalue weighted by atomic mass is 10.2. The van der Waals surface area contributed by atoms with E-state index >= 15 is 0 Å². The molecule has 1 aromatic rings. The first kappa shape index (κ1) is 16.5. The first-order chi connectivity index (χ1) is 9.20. The second-order valence-electron chi connectivity index (χ2n) is 3.90. The van der Waals surface area contributed by atoms with Gasteiger partial charge in [0.1, 0.15) is 10.8 Å². The Morgan fingerprint density at radius 2 is 2.00 bits per heavy atom. The fourth-order valence-electron chi connectivity index (χ4n) is 1.54. The number of thiocarbonyl (C=S) groups is 1. The summed E-state index contributed by atoms with van der Waals surface area (Å²) in [6.07, 6.45) is 0. The highest BCUT2D eigenvalue weighted by Crippen LogP contribution is 2.19. The van der Waals surface area contributed by atoms with Crippen LogP contribution in [0.4, 0.5) is 4.39 Å². The van der Waals surface area contributed by atoms with Crippen molar-refractivity contribution in [1.82, 2.24) is 4.31 Å². The highest BCUT2D eigenvalue weighted by Gasteiger charge is 2.25. The van der Waals surface area contributed by atoms with Crippen molar-refractivity contribution in [3.05, 3.63) is 29.6 Å². The Kier molecular flexibility index (Phi) is 5.15. The maximum absolute atomic E-state index is 13.5. The first-order valence-electron chi connectivity index (χ1n) is 5.58. The van der Waals surface area contributed by atoms with Gasteiger partial charge in [0.25, 0.3) is 0 Å². The van der Waals surface area contributed by atoms with Crippen molar-refractivity contribution in [2.24, 2.45) is 11.5 Å². The smallest absolute Gasteiger partial charge is 0.243 e. The second-order valence-corrected chi connectivity index (χ2v) is 6.28. The zero-order valence-corrected chi connectivity index (χ0v) is 12.3. The zero-order chi connectivity index (χ0) is 15.5. The minimum absolute atomic E-state index is 0.0467. The van der Waals surface area contributed by atoms with E-state index in [2.05, 4.69) is 12.2 Å². The standard InChI is InChI=1S/C11H14FN3O3S2/c1-2-15(6-10(13)16)20(17,18)7-3-4-9(12)8(5-7)11(14)19/h3-5H,2,6H2,1H3,(H2,13,16)(H2,14,19). The highest BCUT2D eigenvalue weighted by atomic mass is 32.2. The Morgan fingerprint density at radius 3 is 2.45 bits per heavy atom. The molecule has 0 saturated heterocycles. The molecule has 0 unspecified atom stereocenters. The molecule has 0 fully saturated rings. The molecule has 1 amide bonds. The number of amides is 1. The van der Waals surface area contributed by atoms with Gasteiger partial charge in [0.15, 0.2) is 0 Å². The van der Waals surface area contributed by atoms with E-state index in [-0.39, 0.29) is 22.0 Å². The number of carbonyl (C=O) groups is 1. The van der Waals surface area contributed by atoms with Gasteiger partial charge in [-0.3, -0.25) is 4.79 Å². The van der Waals surface area contributed by atoms with Gasteiger partial charge in [-0.1, -0.05) is 19.1 Å². The number of hydrogen-bond acceptors (Lipinski definition) is 4. The number of carbonyl (C=O) groups excluding carboxylic acids is 1. The average molecular weight is 319 g/mol. The summed E-state index contributed by atoms with van der Waals surface area (Å²) >= 11 is 4.65. The molecule has 0 heterocycles. The van der Waals surface area contributed by atoms with Gasteiger partial charge in [-0.2, -0.15) is 4.31 Å². The molecule has 6 nitrogen and oxygen atoms in total. The van der Waals surface area contributed by atoms with Crippen LogP contribution in [0.1, 0.15) is 12.5 Å². The largest absolute Gasteiger partial charge is 0.389 e. The molecule has 1 rings (SSSR count). The minimum atomic E-state index is -3.97. The van der Waals surface area contributed by atoms with Crippen LogP contribution >= 0.6 is 12.2 Å². The lowest BCUT2D eigenvalue weighted by molar-refractivity contribution is -0.118. The first-order valence-corrected chi connectivity index (χ1v) is 7.42. The number of nitrogens with zero attached hydrogens (tertiary/aromatic N) is 1. The summed E-state index contributed by atoms with van der Waals surface area (Å²) in [5.41, 5.74) is 10.2. The Balaban J connectivity index is 3.31. The van der Waals surface area contributed by atoms with Gasteiger partial charge in [0, 0.05) is 12.1 Å². The topological polar surface area (TPSA) is 106 Å². The van der Waals surface area contributed by atoms with Crippen LogP contribution in [0.3, 0.4) is 0 Å². The number of hydrogen-bond donors (Lipinski definition) is 2. The molecule has 0 aliphatic rings. The van der Waals surface area contributed by atoms with Crippen molar-refractivity contribution in [1.29, 1.82) is 0 Å². The number of nitrogens with two attached hydrogens (primary N) is 2. The molecule has 0 aliphatic carbocycles. The van der Waals surface area contributed by atoms with E-state index in [0.29, 0.717) is 0 Å². The van der Waals surface area contributed by atoms with Crippen LogP contribution in [0.25, 0.3) is 0 Å². The average Bonchev–Trinajstić information content (AvgIpc) is 2.35. The Hall–Kier alpha value is -1.58. The highest BCUT2D eigenvalue weighted by molar-refractivity contribution is 7.89. The van der Waals surface area contributed by atoms with Crippen LogP contribution in [0, 0.1) is 5.82 Å². The predicted octanol–water partition coefficient (Wildman–Crippen LogP) is -0.0442. The van der Waals surface area contributed by atoms with Crippen molar-refractivity contribution in [3.8, 4) is 0 Å². The molecule has 1 aromatic carbocycles. The lowest BCUT2D eigenvalue weighted by Gasteiger charge is -2.19. The van der Waals surface area contributed by atoms with Crippen LogP contribution < -0.4 is 11.5 Å². The van der Waals surface area contributed by atoms with E-state index in [1.54, 1.807) is 6.92 Å². The van der Waals surface area contributed by atoms with E-state index < -0.39 is 28.3 Å². The molecule has 4 N–H and O–H groups in total. The van der Waals surface area contributed by atoms with Gasteiger partial charge >= 0.3 is 0 Å². The van der Waals surface area contributed by atoms with Gasteiger partial charge in [-0.15, -0.1) is 0 Å². The van der Waals surface area contributed by atoms with Crippen LogP contribution in [0.15, 0.2) is 23.1 Å². The maximum Gasteiger partial charge on any atom is 0.243 e. The van der Waals surface area contributed by atoms with Gasteiger partial charge < -0.3 is 11.5 Å². The van der Waals surface area contributed by atoms with Gasteiger partial charge in [-0.05, 0) is 18.2 Å². The van der Waals surface area contributed by atoms with Crippen molar-refractivity contribution in [2.75, 3.05) is 13.1 Å². The van der Waals surface area contributed by atoms with E-state index in [4.69, 9.17) is 11.5 Å². The molecule has 0 spiro atoms. The summed E-state index contributed by atoms with van der Waals surface area (Å²) in [4.78, 5) is 10.4. The van der Waals surface area contributed by atoms with Crippen molar-refractivity contribution >= 4 is 33.1 Å². The van der Waals surface area contributed by atoms with Crippen LogP contribution in [-0.4, -0.2) is 36.7 Å². The summed E-state index contributed by atoms with van der Waals surface area (Å²) in [5.74, 6) is -1.50. The normalized spacial score (nSPS) is 11.6. The summed E-state index contributed by atoms with van der Waals surface area (Å²) in [7, 11) is -3.97. The minimum Gasteiger partial charge on any atom is -0.389 e. The fraction of sp³-hybridized carbons (Fsp3) is 0.273. The quantitative estimate of drug-likeness (QED) is 0.715. The monoisotopic (exact) mass is 319 g/mol.